The largest absolute Gasteiger partial charge is 0.472 e. The lowest BCUT2D eigenvalue weighted by Crippen LogP contribution is -2.46. The molecule has 0 aromatic rings. The van der Waals surface area contributed by atoms with Crippen LogP contribution in [0, 0.1) is 0 Å². The van der Waals surface area contributed by atoms with Gasteiger partial charge in [0.1, 0.15) is 13.2 Å². The van der Waals surface area contributed by atoms with Crippen LogP contribution < -0.4 is 5.32 Å². The molecule has 0 saturated heterocycles. The molecule has 8 nitrogen and oxygen atoms in total. The van der Waals surface area contributed by atoms with E-state index in [4.69, 9.17) is 9.05 Å². The number of hydrogen-bond donors (Lipinski definition) is 3. The summed E-state index contributed by atoms with van der Waals surface area (Å²) in [5, 5.41) is 14.0. The van der Waals surface area contributed by atoms with Crippen molar-refractivity contribution in [3.63, 3.8) is 0 Å². The van der Waals surface area contributed by atoms with Gasteiger partial charge in [-0.25, -0.2) is 4.57 Å². The quantitative estimate of drug-likeness (QED) is 0.0243. The van der Waals surface area contributed by atoms with Crippen LogP contribution in [0.3, 0.4) is 0 Å². The highest BCUT2D eigenvalue weighted by molar-refractivity contribution is 7.47. The van der Waals surface area contributed by atoms with E-state index in [1.165, 1.54) is 212 Å². The van der Waals surface area contributed by atoms with Crippen molar-refractivity contribution < 1.29 is 32.9 Å². The number of carbonyl (C=O) groups is 1. The Bertz CT molecular complexity index is 1040. The van der Waals surface area contributed by atoms with Crippen LogP contribution in [0.1, 0.15) is 277 Å². The topological polar surface area (TPSA) is 105 Å². The predicted octanol–water partition coefficient (Wildman–Crippen LogP) is 16.3. The molecule has 9 heteroatoms. The van der Waals surface area contributed by atoms with E-state index < -0.39 is 20.0 Å². The number of nitrogens with one attached hydrogen (secondary N) is 1. The molecule has 1 amide bonds. The van der Waals surface area contributed by atoms with Gasteiger partial charge >= 0.3 is 7.82 Å². The molecular formula is C54H110N2O6P+. The Hall–Kier alpha value is -0.760. The van der Waals surface area contributed by atoms with Crippen molar-refractivity contribution in [1.29, 1.82) is 0 Å². The van der Waals surface area contributed by atoms with Gasteiger partial charge in [0.2, 0.25) is 5.91 Å². The number of aliphatic hydroxyl groups is 1. The van der Waals surface area contributed by atoms with Crippen LogP contribution in [0.25, 0.3) is 0 Å². The van der Waals surface area contributed by atoms with Crippen molar-refractivity contribution in [3.8, 4) is 0 Å². The van der Waals surface area contributed by atoms with Crippen LogP contribution in [0.15, 0.2) is 12.2 Å². The fourth-order valence-electron chi connectivity index (χ4n) is 8.40. The number of unbranched alkanes of at least 4 members (excludes halogenated alkanes) is 36. The zero-order valence-corrected chi connectivity index (χ0v) is 43.7. The molecule has 3 N–H and O–H groups in total. The molecule has 0 fully saturated rings. The number of quaternary nitrogens is 1. The zero-order chi connectivity index (χ0) is 46.4. The van der Waals surface area contributed by atoms with Crippen molar-refractivity contribution in [2.45, 2.75) is 289 Å². The number of allylic oxidation sites excluding steroid dienone is 2. The maximum absolute atomic E-state index is 13.0. The van der Waals surface area contributed by atoms with Crippen molar-refractivity contribution in [3.05, 3.63) is 12.2 Å². The summed E-state index contributed by atoms with van der Waals surface area (Å²) in [5.74, 6) is -0.141. The van der Waals surface area contributed by atoms with Crippen LogP contribution in [-0.4, -0.2) is 73.4 Å². The molecule has 376 valence electrons. The maximum atomic E-state index is 13.0. The average molecular weight is 914 g/mol. The number of hydrogen-bond acceptors (Lipinski definition) is 5. The van der Waals surface area contributed by atoms with E-state index in [2.05, 4.69) is 31.3 Å². The number of carbonyl (C=O) groups excluding carboxylic acids is 1. The monoisotopic (exact) mass is 914 g/mol. The molecule has 0 aromatic carbocycles. The van der Waals surface area contributed by atoms with Crippen LogP contribution in [-0.2, 0) is 18.4 Å². The van der Waals surface area contributed by atoms with E-state index in [9.17, 15) is 19.4 Å². The predicted molar refractivity (Wildman–Crippen MR) is 272 cm³/mol. The van der Waals surface area contributed by atoms with Gasteiger partial charge in [0.05, 0.1) is 39.9 Å². The molecule has 0 heterocycles. The molecule has 63 heavy (non-hydrogen) atoms. The fourth-order valence-corrected chi connectivity index (χ4v) is 9.13. The Morgan fingerprint density at radius 1 is 0.524 bits per heavy atom. The minimum absolute atomic E-state index is 0.0770. The first kappa shape index (κ1) is 62.2. The van der Waals surface area contributed by atoms with Crippen LogP contribution in [0.4, 0.5) is 0 Å². The molecule has 0 bridgehead atoms. The summed E-state index contributed by atoms with van der Waals surface area (Å²) < 4.78 is 23.7. The molecule has 0 saturated carbocycles. The Kier molecular flexibility index (Phi) is 45.8. The first-order chi connectivity index (χ1) is 30.5. The summed E-state index contributed by atoms with van der Waals surface area (Å²) in [6.07, 6.45) is 55.5. The number of nitrogens with zero attached hydrogens (tertiary/aromatic N) is 1. The van der Waals surface area contributed by atoms with Gasteiger partial charge in [-0.2, -0.15) is 0 Å². The Morgan fingerprint density at radius 3 is 1.22 bits per heavy atom. The molecule has 0 aliphatic carbocycles. The molecule has 0 spiro atoms. The van der Waals surface area contributed by atoms with Crippen molar-refractivity contribution in [2.24, 2.45) is 0 Å². The molecule has 3 atom stereocenters. The van der Waals surface area contributed by atoms with Crippen molar-refractivity contribution in [2.75, 3.05) is 40.9 Å². The standard InChI is InChI=1S/C54H109N2O6P/c1-6-8-10-12-14-16-18-20-21-22-23-24-25-26-27-28-29-30-31-32-33-34-36-38-40-42-44-46-48-54(58)55-52(51-62-63(59,60)61-50-49-56(3,4)5)53(57)47-45-43-41-39-37-35-19-17-15-13-11-9-7-2/h26-27,52-53,57H,6-25,28-51H2,1-5H3,(H-,55,58,59,60)/p+1/b27-26-. The van der Waals surface area contributed by atoms with Gasteiger partial charge in [-0.3, -0.25) is 13.8 Å². The lowest BCUT2D eigenvalue weighted by molar-refractivity contribution is -0.870. The number of aliphatic hydroxyl groups excluding tert-OH is 1. The third-order valence-corrected chi connectivity index (χ3v) is 13.7. The normalized spacial score (nSPS) is 14.1. The second-order valence-corrected chi connectivity index (χ2v) is 21.8. The first-order valence-corrected chi connectivity index (χ1v) is 29.0. The van der Waals surface area contributed by atoms with Crippen LogP contribution in [0.5, 0.6) is 0 Å². The number of amides is 1. The van der Waals surface area contributed by atoms with Gasteiger partial charge in [0, 0.05) is 6.42 Å². The second-order valence-electron chi connectivity index (χ2n) is 20.3. The Labute approximate surface area is 392 Å². The third kappa shape index (κ3) is 49.0. The highest BCUT2D eigenvalue weighted by atomic mass is 31.2. The molecule has 0 aromatic heterocycles. The van der Waals surface area contributed by atoms with Gasteiger partial charge in [0.25, 0.3) is 0 Å². The Morgan fingerprint density at radius 2 is 0.857 bits per heavy atom. The first-order valence-electron chi connectivity index (χ1n) is 27.6. The van der Waals surface area contributed by atoms with Crippen molar-refractivity contribution in [1.82, 2.24) is 5.32 Å². The van der Waals surface area contributed by atoms with E-state index in [1.807, 2.05) is 21.1 Å². The summed E-state index contributed by atoms with van der Waals surface area (Å²) in [7, 11) is 1.63. The van der Waals surface area contributed by atoms with E-state index in [0.717, 1.165) is 38.5 Å². The smallest absolute Gasteiger partial charge is 0.391 e. The average Bonchev–Trinajstić information content (AvgIpc) is 3.24. The number of phosphoric acid groups is 1. The SMILES string of the molecule is CCCCCCCCCCCCCC/C=C\CCCCCCCCCCCCCCC(=O)NC(COP(=O)(O)OCC[N+](C)(C)C)C(O)CCCCCCCCCCCCCCC. The minimum atomic E-state index is -4.31. The third-order valence-electron chi connectivity index (χ3n) is 12.8. The highest BCUT2D eigenvalue weighted by Gasteiger charge is 2.28. The van der Waals surface area contributed by atoms with E-state index in [0.29, 0.717) is 23.9 Å². The highest BCUT2D eigenvalue weighted by Crippen LogP contribution is 2.43. The van der Waals surface area contributed by atoms with E-state index in [-0.39, 0.29) is 19.1 Å². The van der Waals surface area contributed by atoms with Gasteiger partial charge in [-0.15, -0.1) is 0 Å². The molecular weight excluding hydrogens is 804 g/mol. The molecule has 0 aliphatic rings. The molecule has 3 unspecified atom stereocenters. The van der Waals surface area contributed by atoms with Gasteiger partial charge < -0.3 is 19.8 Å². The van der Waals surface area contributed by atoms with Gasteiger partial charge in [0.15, 0.2) is 0 Å². The van der Waals surface area contributed by atoms with Gasteiger partial charge in [-0.1, -0.05) is 244 Å². The summed E-state index contributed by atoms with van der Waals surface area (Å²) in [6, 6.07) is -0.757. The van der Waals surface area contributed by atoms with E-state index >= 15 is 0 Å². The van der Waals surface area contributed by atoms with E-state index in [1.54, 1.807) is 0 Å². The molecule has 0 rings (SSSR count). The van der Waals surface area contributed by atoms with Crippen molar-refractivity contribution >= 4 is 13.7 Å². The van der Waals surface area contributed by atoms with Gasteiger partial charge in [-0.05, 0) is 38.5 Å². The second kappa shape index (κ2) is 46.4. The summed E-state index contributed by atoms with van der Waals surface area (Å²) in [6.45, 7) is 4.92. The summed E-state index contributed by atoms with van der Waals surface area (Å²) >= 11 is 0. The molecule has 0 aliphatic heterocycles. The number of likely N-dealkylation sites (N-methyl/N-ethyl adjacent to an activating group) is 1. The van der Waals surface area contributed by atoms with Crippen LogP contribution >= 0.6 is 7.82 Å². The Balaban J connectivity index is 4.06. The summed E-state index contributed by atoms with van der Waals surface area (Å²) in [5.41, 5.74) is 0. The maximum Gasteiger partial charge on any atom is 0.472 e. The lowest BCUT2D eigenvalue weighted by Gasteiger charge is -2.26. The minimum Gasteiger partial charge on any atom is -0.391 e. The zero-order valence-electron chi connectivity index (χ0n) is 42.8. The lowest BCUT2D eigenvalue weighted by atomic mass is 10.0. The van der Waals surface area contributed by atoms with Crippen LogP contribution in [0.2, 0.25) is 0 Å². The fraction of sp³-hybridized carbons (Fsp3) is 0.944. The number of phosphoric ester groups is 1. The number of rotatable bonds is 51. The summed E-state index contributed by atoms with van der Waals surface area (Å²) in [4.78, 5) is 23.3. The molecule has 0 radical (unpaired) electrons.